The summed E-state index contributed by atoms with van der Waals surface area (Å²) in [5.41, 5.74) is 1.91. The fourth-order valence-corrected chi connectivity index (χ4v) is 2.66. The highest BCUT2D eigenvalue weighted by Gasteiger charge is 2.24. The van der Waals surface area contributed by atoms with Crippen LogP contribution in [0.2, 0.25) is 0 Å². The van der Waals surface area contributed by atoms with Crippen molar-refractivity contribution in [2.75, 3.05) is 45.2 Å². The Labute approximate surface area is 115 Å². The first-order valence-corrected chi connectivity index (χ1v) is 6.84. The van der Waals surface area contributed by atoms with Crippen molar-refractivity contribution in [2.45, 2.75) is 12.5 Å². The third-order valence-electron chi connectivity index (χ3n) is 3.72. The highest BCUT2D eigenvalue weighted by Crippen LogP contribution is 2.22. The maximum absolute atomic E-state index is 9.02. The average Bonchev–Trinajstić information content (AvgIpc) is 2.45. The van der Waals surface area contributed by atoms with Crippen molar-refractivity contribution in [3.63, 3.8) is 0 Å². The number of likely N-dealkylation sites (N-methyl/N-ethyl adjacent to an activating group) is 1. The molecule has 1 N–H and O–H groups in total. The van der Waals surface area contributed by atoms with Crippen LogP contribution in [-0.2, 0) is 0 Å². The molecule has 1 heterocycles. The fraction of sp³-hybridized carbons (Fsp3) is 0.533. The van der Waals surface area contributed by atoms with Gasteiger partial charge in [-0.2, -0.15) is 5.26 Å². The lowest BCUT2D eigenvalue weighted by molar-refractivity contribution is 0.260. The van der Waals surface area contributed by atoms with E-state index in [0.717, 1.165) is 38.2 Å². The van der Waals surface area contributed by atoms with Gasteiger partial charge in [-0.25, -0.2) is 0 Å². The van der Waals surface area contributed by atoms with Gasteiger partial charge in [0.2, 0.25) is 0 Å². The van der Waals surface area contributed by atoms with Crippen molar-refractivity contribution < 1.29 is 0 Å². The highest BCUT2D eigenvalue weighted by atomic mass is 15.3. The van der Waals surface area contributed by atoms with Crippen molar-refractivity contribution in [1.82, 2.24) is 10.2 Å². The van der Waals surface area contributed by atoms with E-state index >= 15 is 0 Å². The van der Waals surface area contributed by atoms with Gasteiger partial charge in [-0.05, 0) is 45.3 Å². The molecule has 0 saturated carbocycles. The van der Waals surface area contributed by atoms with E-state index in [4.69, 9.17) is 5.26 Å². The Hall–Kier alpha value is -1.57. The summed E-state index contributed by atoms with van der Waals surface area (Å²) >= 11 is 0. The zero-order valence-corrected chi connectivity index (χ0v) is 11.8. The van der Waals surface area contributed by atoms with Crippen molar-refractivity contribution in [3.8, 4) is 6.07 Å². The number of rotatable bonds is 4. The monoisotopic (exact) mass is 258 g/mol. The van der Waals surface area contributed by atoms with Crippen LogP contribution in [0.15, 0.2) is 24.3 Å². The smallest absolute Gasteiger partial charge is 0.0992 e. The quantitative estimate of drug-likeness (QED) is 0.883. The van der Waals surface area contributed by atoms with Crippen LogP contribution in [0.4, 0.5) is 5.69 Å². The molecule has 1 saturated heterocycles. The van der Waals surface area contributed by atoms with Gasteiger partial charge in [-0.15, -0.1) is 0 Å². The average molecular weight is 258 g/mol. The predicted octanol–water partition coefficient (Wildman–Crippen LogP) is 1.29. The van der Waals surface area contributed by atoms with Crippen LogP contribution in [0.5, 0.6) is 0 Å². The SMILES string of the molecule is CNCCC1CN(C)CCN1c1cccc(C#N)c1. The number of nitrogens with zero attached hydrogens (tertiary/aromatic N) is 3. The Morgan fingerprint density at radius 3 is 3.00 bits per heavy atom. The summed E-state index contributed by atoms with van der Waals surface area (Å²) in [5, 5.41) is 12.2. The van der Waals surface area contributed by atoms with Crippen molar-refractivity contribution in [2.24, 2.45) is 0 Å². The number of hydrogen-bond donors (Lipinski definition) is 1. The molecule has 2 rings (SSSR count). The zero-order valence-electron chi connectivity index (χ0n) is 11.8. The largest absolute Gasteiger partial charge is 0.366 e. The topological polar surface area (TPSA) is 42.3 Å². The Kier molecular flexibility index (Phi) is 4.78. The van der Waals surface area contributed by atoms with E-state index in [0.29, 0.717) is 6.04 Å². The summed E-state index contributed by atoms with van der Waals surface area (Å²) in [6, 6.07) is 10.7. The first-order valence-electron chi connectivity index (χ1n) is 6.84. The van der Waals surface area contributed by atoms with Gasteiger partial charge >= 0.3 is 0 Å². The fourth-order valence-electron chi connectivity index (χ4n) is 2.66. The van der Waals surface area contributed by atoms with Gasteiger partial charge in [0, 0.05) is 31.4 Å². The van der Waals surface area contributed by atoms with Crippen LogP contribution < -0.4 is 10.2 Å². The maximum atomic E-state index is 9.02. The predicted molar refractivity (Wildman–Crippen MR) is 78.3 cm³/mol. The molecule has 1 atom stereocenters. The van der Waals surface area contributed by atoms with E-state index in [1.807, 2.05) is 25.2 Å². The lowest BCUT2D eigenvalue weighted by atomic mass is 10.1. The molecule has 4 heteroatoms. The number of nitrogens with one attached hydrogen (secondary N) is 1. The number of nitriles is 1. The Morgan fingerprint density at radius 2 is 2.26 bits per heavy atom. The lowest BCUT2D eigenvalue weighted by Gasteiger charge is -2.41. The van der Waals surface area contributed by atoms with Crippen LogP contribution in [0, 0.1) is 11.3 Å². The minimum absolute atomic E-state index is 0.514. The third-order valence-corrected chi connectivity index (χ3v) is 3.72. The van der Waals surface area contributed by atoms with Gasteiger partial charge in [-0.3, -0.25) is 0 Å². The molecule has 102 valence electrons. The van der Waals surface area contributed by atoms with E-state index < -0.39 is 0 Å². The van der Waals surface area contributed by atoms with Crippen LogP contribution in [-0.4, -0.2) is 51.2 Å². The van der Waals surface area contributed by atoms with Crippen molar-refractivity contribution in [3.05, 3.63) is 29.8 Å². The Morgan fingerprint density at radius 1 is 1.42 bits per heavy atom. The summed E-state index contributed by atoms with van der Waals surface area (Å²) < 4.78 is 0. The molecule has 1 aromatic rings. The molecule has 0 aliphatic carbocycles. The molecule has 0 radical (unpaired) electrons. The normalized spacial score (nSPS) is 20.3. The van der Waals surface area contributed by atoms with Gasteiger partial charge in [0.1, 0.15) is 0 Å². The molecule has 1 aliphatic heterocycles. The summed E-state index contributed by atoms with van der Waals surface area (Å²) in [6.45, 7) is 4.21. The second kappa shape index (κ2) is 6.55. The zero-order chi connectivity index (χ0) is 13.7. The van der Waals surface area contributed by atoms with Gasteiger partial charge < -0.3 is 15.1 Å². The summed E-state index contributed by atoms with van der Waals surface area (Å²) in [7, 11) is 4.17. The molecule has 0 spiro atoms. The molecular formula is C15H22N4. The molecule has 0 aromatic heterocycles. The second-order valence-corrected chi connectivity index (χ2v) is 5.16. The number of hydrogen-bond acceptors (Lipinski definition) is 4. The Balaban J connectivity index is 2.16. The van der Waals surface area contributed by atoms with Crippen molar-refractivity contribution >= 4 is 5.69 Å². The molecule has 0 bridgehead atoms. The molecule has 1 aromatic carbocycles. The van der Waals surface area contributed by atoms with Crippen LogP contribution >= 0.6 is 0 Å². The van der Waals surface area contributed by atoms with Crippen molar-refractivity contribution in [1.29, 1.82) is 5.26 Å². The van der Waals surface area contributed by atoms with E-state index in [9.17, 15) is 0 Å². The maximum Gasteiger partial charge on any atom is 0.0992 e. The molecule has 1 fully saturated rings. The summed E-state index contributed by atoms with van der Waals surface area (Å²) in [5.74, 6) is 0. The standard InChI is InChI=1S/C15H22N4/c1-17-7-6-15-12-18(2)8-9-19(15)14-5-3-4-13(10-14)11-16/h3-5,10,15,17H,6-9,12H2,1-2H3. The minimum atomic E-state index is 0.514. The lowest BCUT2D eigenvalue weighted by Crippen LogP contribution is -2.52. The van der Waals surface area contributed by atoms with Gasteiger partial charge in [0.15, 0.2) is 0 Å². The molecular weight excluding hydrogens is 236 g/mol. The molecule has 19 heavy (non-hydrogen) atoms. The first-order chi connectivity index (χ1) is 9.24. The van der Waals surface area contributed by atoms with Gasteiger partial charge in [0.25, 0.3) is 0 Å². The number of benzene rings is 1. The summed E-state index contributed by atoms with van der Waals surface area (Å²) in [4.78, 5) is 4.82. The first kappa shape index (κ1) is 13.9. The van der Waals surface area contributed by atoms with E-state index in [-0.39, 0.29) is 0 Å². The third kappa shape index (κ3) is 3.46. The van der Waals surface area contributed by atoms with Crippen LogP contribution in [0.1, 0.15) is 12.0 Å². The molecule has 1 aliphatic rings. The number of piperazine rings is 1. The summed E-state index contributed by atoms with van der Waals surface area (Å²) in [6.07, 6.45) is 1.12. The molecule has 4 nitrogen and oxygen atoms in total. The van der Waals surface area contributed by atoms with Crippen LogP contribution in [0.3, 0.4) is 0 Å². The van der Waals surface area contributed by atoms with E-state index in [1.54, 1.807) is 0 Å². The molecule has 0 amide bonds. The van der Waals surface area contributed by atoms with Gasteiger partial charge in [-0.1, -0.05) is 6.07 Å². The van der Waals surface area contributed by atoms with Gasteiger partial charge in [0.05, 0.1) is 11.6 Å². The number of anilines is 1. The van der Waals surface area contributed by atoms with E-state index in [1.165, 1.54) is 5.69 Å². The second-order valence-electron chi connectivity index (χ2n) is 5.16. The highest BCUT2D eigenvalue weighted by molar-refractivity contribution is 5.52. The molecule has 1 unspecified atom stereocenters. The minimum Gasteiger partial charge on any atom is -0.366 e. The Bertz CT molecular complexity index is 452. The van der Waals surface area contributed by atoms with E-state index in [2.05, 4.69) is 34.3 Å². The van der Waals surface area contributed by atoms with Crippen LogP contribution in [0.25, 0.3) is 0 Å².